The van der Waals surface area contributed by atoms with Crippen LogP contribution in [0.2, 0.25) is 0 Å². The minimum Gasteiger partial charge on any atom is -0.465 e. The van der Waals surface area contributed by atoms with Crippen LogP contribution in [0.25, 0.3) is 16.9 Å². The Balaban J connectivity index is 2.21. The number of anilines is 1. The zero-order chi connectivity index (χ0) is 27.7. The number of nitrogens with zero attached hydrogens (tertiary/aromatic N) is 3. The molecule has 0 saturated carbocycles. The highest BCUT2D eigenvalue weighted by atomic mass is 19.4. The Bertz CT molecular complexity index is 1360. The lowest BCUT2D eigenvalue weighted by molar-refractivity contribution is -0.132. The SMILES string of the molecule is COC(=O)c1ccc(-c2cnc3c(N(CCC(F)(F)F)C(=O)OC(C)(C)C)cc(C(C)=O)cn23)cc1C. The summed E-state index contributed by atoms with van der Waals surface area (Å²) in [6, 6.07) is 6.31. The first-order chi connectivity index (χ1) is 17.1. The molecule has 0 saturated heterocycles. The summed E-state index contributed by atoms with van der Waals surface area (Å²) in [7, 11) is 1.28. The number of hydrogen-bond acceptors (Lipinski definition) is 6. The van der Waals surface area contributed by atoms with Crippen molar-refractivity contribution in [3.63, 3.8) is 0 Å². The fourth-order valence-electron chi connectivity index (χ4n) is 3.70. The minimum atomic E-state index is -4.53. The van der Waals surface area contributed by atoms with Crippen molar-refractivity contribution < 1.29 is 37.0 Å². The highest BCUT2D eigenvalue weighted by molar-refractivity contribution is 5.99. The molecule has 0 spiro atoms. The third-order valence-electron chi connectivity index (χ3n) is 5.44. The standard InChI is InChI=1S/C26H28F3N3O5/c1-15-11-17(7-8-19(15)23(34)36-6)21-13-30-22-20(12-18(16(2)33)14-32(21)22)31(10-9-26(27,28)29)24(35)37-25(3,4)5/h7-8,11-14H,9-10H2,1-6H3. The number of alkyl halides is 3. The van der Waals surface area contributed by atoms with Crippen LogP contribution in [0.3, 0.4) is 0 Å². The van der Waals surface area contributed by atoms with E-state index in [-0.39, 0.29) is 22.7 Å². The van der Waals surface area contributed by atoms with Gasteiger partial charge in [-0.05, 0) is 58.4 Å². The number of hydrogen-bond donors (Lipinski definition) is 0. The summed E-state index contributed by atoms with van der Waals surface area (Å²) in [6.45, 7) is 7.11. The second-order valence-corrected chi connectivity index (χ2v) is 9.53. The van der Waals surface area contributed by atoms with Gasteiger partial charge in [0.25, 0.3) is 0 Å². The first-order valence-electron chi connectivity index (χ1n) is 11.4. The van der Waals surface area contributed by atoms with Gasteiger partial charge in [0.2, 0.25) is 0 Å². The number of benzene rings is 1. The van der Waals surface area contributed by atoms with E-state index in [4.69, 9.17) is 9.47 Å². The number of imidazole rings is 1. The summed E-state index contributed by atoms with van der Waals surface area (Å²) in [4.78, 5) is 42.6. The number of esters is 1. The van der Waals surface area contributed by atoms with Crippen molar-refractivity contribution in [2.45, 2.75) is 52.8 Å². The molecule has 8 nitrogen and oxygen atoms in total. The fourth-order valence-corrected chi connectivity index (χ4v) is 3.70. The number of pyridine rings is 1. The van der Waals surface area contributed by atoms with Crippen molar-refractivity contribution in [1.29, 1.82) is 0 Å². The maximum atomic E-state index is 13.1. The van der Waals surface area contributed by atoms with E-state index in [0.717, 1.165) is 4.90 Å². The third-order valence-corrected chi connectivity index (χ3v) is 5.44. The monoisotopic (exact) mass is 519 g/mol. The lowest BCUT2D eigenvalue weighted by atomic mass is 10.0. The maximum Gasteiger partial charge on any atom is 0.414 e. The normalized spacial score (nSPS) is 11.9. The summed E-state index contributed by atoms with van der Waals surface area (Å²) in [5, 5.41) is 0. The number of aryl methyl sites for hydroxylation is 1. The van der Waals surface area contributed by atoms with E-state index in [2.05, 4.69) is 4.98 Å². The highest BCUT2D eigenvalue weighted by Gasteiger charge is 2.33. The zero-order valence-electron chi connectivity index (χ0n) is 21.4. The molecule has 0 unspecified atom stereocenters. The van der Waals surface area contributed by atoms with Crippen LogP contribution in [0.5, 0.6) is 0 Å². The molecule has 3 aromatic rings. The molecule has 1 aromatic carbocycles. The second kappa shape index (κ2) is 10.2. The lowest BCUT2D eigenvalue weighted by Gasteiger charge is -2.28. The summed E-state index contributed by atoms with van der Waals surface area (Å²) in [5.74, 6) is -0.860. The van der Waals surface area contributed by atoms with Crippen molar-refractivity contribution in [2.75, 3.05) is 18.6 Å². The van der Waals surface area contributed by atoms with Gasteiger partial charge >= 0.3 is 18.2 Å². The number of fused-ring (bicyclic) bond motifs is 1. The van der Waals surface area contributed by atoms with E-state index in [1.54, 1.807) is 45.9 Å². The predicted molar refractivity (Wildman–Crippen MR) is 131 cm³/mol. The fraction of sp³-hybridized carbons (Fsp3) is 0.385. The number of Topliss-reactive ketones (excluding diaryl/α,β-unsaturated/α-hetero) is 1. The van der Waals surface area contributed by atoms with Crippen LogP contribution in [-0.4, -0.2) is 52.7 Å². The van der Waals surface area contributed by atoms with Gasteiger partial charge in [0, 0.05) is 23.9 Å². The number of aromatic nitrogens is 2. The Kier molecular flexibility index (Phi) is 7.66. The van der Waals surface area contributed by atoms with Crippen molar-refractivity contribution in [1.82, 2.24) is 9.38 Å². The number of halogens is 3. The molecule has 2 heterocycles. The number of amides is 1. The quantitative estimate of drug-likeness (QED) is 0.293. The Hall–Kier alpha value is -3.89. The Labute approximate surface area is 212 Å². The third kappa shape index (κ3) is 6.46. The van der Waals surface area contributed by atoms with Gasteiger partial charge in [0.1, 0.15) is 5.60 Å². The van der Waals surface area contributed by atoms with Gasteiger partial charge in [-0.1, -0.05) is 6.07 Å². The molecule has 1 amide bonds. The Morgan fingerprint density at radius 3 is 2.32 bits per heavy atom. The average molecular weight is 520 g/mol. The van der Waals surface area contributed by atoms with E-state index < -0.39 is 36.8 Å². The molecule has 37 heavy (non-hydrogen) atoms. The van der Waals surface area contributed by atoms with E-state index in [1.807, 2.05) is 0 Å². The van der Waals surface area contributed by atoms with Gasteiger partial charge in [-0.2, -0.15) is 13.2 Å². The molecule has 0 bridgehead atoms. The zero-order valence-corrected chi connectivity index (χ0v) is 21.4. The molecule has 0 atom stereocenters. The van der Waals surface area contributed by atoms with Crippen LogP contribution >= 0.6 is 0 Å². The van der Waals surface area contributed by atoms with Crippen LogP contribution in [0.15, 0.2) is 36.7 Å². The van der Waals surface area contributed by atoms with E-state index in [0.29, 0.717) is 22.4 Å². The molecule has 0 fully saturated rings. The molecule has 0 aliphatic rings. The number of rotatable bonds is 6. The predicted octanol–water partition coefficient (Wildman–Crippen LogP) is 5.99. The lowest BCUT2D eigenvalue weighted by Crippen LogP contribution is -2.39. The van der Waals surface area contributed by atoms with Gasteiger partial charge in [0.15, 0.2) is 11.4 Å². The van der Waals surface area contributed by atoms with Crippen LogP contribution in [0.1, 0.15) is 60.4 Å². The van der Waals surface area contributed by atoms with Crippen LogP contribution in [0.4, 0.5) is 23.7 Å². The van der Waals surface area contributed by atoms with E-state index >= 15 is 0 Å². The van der Waals surface area contributed by atoms with Crippen LogP contribution in [-0.2, 0) is 9.47 Å². The number of carbonyl (C=O) groups excluding carboxylic acids is 3. The first-order valence-corrected chi connectivity index (χ1v) is 11.4. The molecule has 0 radical (unpaired) electrons. The van der Waals surface area contributed by atoms with Gasteiger partial charge in [-0.25, -0.2) is 14.6 Å². The van der Waals surface area contributed by atoms with E-state index in [9.17, 15) is 27.6 Å². The van der Waals surface area contributed by atoms with Gasteiger partial charge in [-0.15, -0.1) is 0 Å². The van der Waals surface area contributed by atoms with Crippen molar-refractivity contribution in [3.05, 3.63) is 53.3 Å². The molecular weight excluding hydrogens is 491 g/mol. The molecule has 0 aliphatic heterocycles. The van der Waals surface area contributed by atoms with Gasteiger partial charge in [0.05, 0.1) is 36.7 Å². The number of methoxy groups -OCH3 is 1. The van der Waals surface area contributed by atoms with Gasteiger partial charge in [-0.3, -0.25) is 14.1 Å². The molecule has 11 heteroatoms. The molecule has 3 rings (SSSR count). The molecular formula is C26H28F3N3O5. The summed E-state index contributed by atoms with van der Waals surface area (Å²) < 4.78 is 51.1. The summed E-state index contributed by atoms with van der Waals surface area (Å²) in [6.07, 6.45) is -3.84. The molecule has 0 N–H and O–H groups in total. The van der Waals surface area contributed by atoms with Crippen molar-refractivity contribution in [3.8, 4) is 11.3 Å². The topological polar surface area (TPSA) is 90.2 Å². The molecule has 198 valence electrons. The maximum absolute atomic E-state index is 13.1. The number of ketones is 1. The number of carbonyl (C=O) groups is 3. The second-order valence-electron chi connectivity index (χ2n) is 9.53. The van der Waals surface area contributed by atoms with E-state index in [1.165, 1.54) is 36.9 Å². The van der Waals surface area contributed by atoms with Crippen molar-refractivity contribution >= 4 is 29.2 Å². The largest absolute Gasteiger partial charge is 0.465 e. The van der Waals surface area contributed by atoms with Gasteiger partial charge < -0.3 is 9.47 Å². The first kappa shape index (κ1) is 27.7. The van der Waals surface area contributed by atoms with Crippen LogP contribution < -0.4 is 4.90 Å². The summed E-state index contributed by atoms with van der Waals surface area (Å²) in [5.41, 5.74) is 1.47. The summed E-state index contributed by atoms with van der Waals surface area (Å²) >= 11 is 0. The average Bonchev–Trinajstić information content (AvgIpc) is 3.20. The molecule has 0 aliphatic carbocycles. The number of ether oxygens (including phenoxy) is 2. The smallest absolute Gasteiger partial charge is 0.414 e. The Morgan fingerprint density at radius 2 is 1.78 bits per heavy atom. The van der Waals surface area contributed by atoms with Crippen molar-refractivity contribution in [2.24, 2.45) is 0 Å². The molecule has 2 aromatic heterocycles. The van der Waals surface area contributed by atoms with Crippen LogP contribution in [0, 0.1) is 6.92 Å². The Morgan fingerprint density at radius 1 is 1.11 bits per heavy atom. The minimum absolute atomic E-state index is 0.000327. The highest BCUT2D eigenvalue weighted by Crippen LogP contribution is 2.32.